The van der Waals surface area contributed by atoms with Crippen LogP contribution in [0, 0.1) is 0 Å². The molecule has 2 aromatic heterocycles. The van der Waals surface area contributed by atoms with E-state index in [2.05, 4.69) is 4.98 Å². The van der Waals surface area contributed by atoms with Crippen LogP contribution >= 0.6 is 11.3 Å². The Labute approximate surface area is 145 Å². The Balaban J connectivity index is 1.73. The number of thiazole rings is 1. The topological polar surface area (TPSA) is 80.9 Å². The Hall–Kier alpha value is -3.19. The van der Waals surface area contributed by atoms with E-state index in [9.17, 15) is 9.59 Å². The maximum atomic E-state index is 12.7. The highest BCUT2D eigenvalue weighted by Crippen LogP contribution is 2.16. The first-order chi connectivity index (χ1) is 12.1. The summed E-state index contributed by atoms with van der Waals surface area (Å²) in [7, 11) is 0. The number of hydrogen-bond donors (Lipinski definition) is 1. The third-order valence-corrected chi connectivity index (χ3v) is 4.65. The molecule has 0 aliphatic heterocycles. The van der Waals surface area contributed by atoms with Gasteiger partial charge >= 0.3 is 5.97 Å². The second-order valence-corrected chi connectivity index (χ2v) is 6.39. The number of carboxylic acids is 1. The van der Waals surface area contributed by atoms with Gasteiger partial charge in [0.2, 0.25) is 0 Å². The molecule has 4 aromatic rings. The van der Waals surface area contributed by atoms with Crippen LogP contribution in [0.4, 0.5) is 0 Å². The van der Waals surface area contributed by atoms with Crippen LogP contribution in [0.25, 0.3) is 22.1 Å². The van der Waals surface area contributed by atoms with Gasteiger partial charge < -0.3 is 9.84 Å². The molecule has 124 valence electrons. The van der Waals surface area contributed by atoms with Crippen molar-refractivity contribution in [3.05, 3.63) is 69.0 Å². The highest BCUT2D eigenvalue weighted by molar-refractivity contribution is 7.15. The zero-order valence-electron chi connectivity index (χ0n) is 12.9. The van der Waals surface area contributed by atoms with E-state index in [4.69, 9.17) is 9.84 Å². The van der Waals surface area contributed by atoms with Gasteiger partial charge in [0.15, 0.2) is 11.6 Å². The van der Waals surface area contributed by atoms with Gasteiger partial charge in [-0.05, 0) is 35.9 Å². The van der Waals surface area contributed by atoms with Gasteiger partial charge in [-0.2, -0.15) is 0 Å². The lowest BCUT2D eigenvalue weighted by Crippen LogP contribution is -2.22. The molecule has 7 heteroatoms. The second-order valence-electron chi connectivity index (χ2n) is 5.39. The molecule has 2 aromatic carbocycles. The first-order valence-corrected chi connectivity index (χ1v) is 8.30. The predicted molar refractivity (Wildman–Crippen MR) is 95.2 cm³/mol. The minimum atomic E-state index is -1.03. The largest absolute Gasteiger partial charge is 0.482 e. The van der Waals surface area contributed by atoms with Gasteiger partial charge in [0.05, 0.1) is 15.6 Å². The van der Waals surface area contributed by atoms with E-state index in [0.29, 0.717) is 15.2 Å². The van der Waals surface area contributed by atoms with Crippen LogP contribution in [0.2, 0.25) is 0 Å². The Morgan fingerprint density at radius 2 is 1.96 bits per heavy atom. The summed E-state index contributed by atoms with van der Waals surface area (Å²) in [5.41, 5.74) is 2.33. The summed E-state index contributed by atoms with van der Waals surface area (Å²) in [4.78, 5) is 28.3. The number of para-hydroxylation sites is 2. The van der Waals surface area contributed by atoms with E-state index in [1.54, 1.807) is 34.7 Å². The summed E-state index contributed by atoms with van der Waals surface area (Å²) < 4.78 is 7.30. The fourth-order valence-corrected chi connectivity index (χ4v) is 3.56. The highest BCUT2D eigenvalue weighted by Gasteiger charge is 2.10. The summed E-state index contributed by atoms with van der Waals surface area (Å²) in [6, 6.07) is 14.4. The number of carboxylic acid groups (broad SMARTS) is 1. The number of aromatic nitrogens is 2. The molecular formula is C18H12N2O4S. The van der Waals surface area contributed by atoms with Crippen molar-refractivity contribution < 1.29 is 14.6 Å². The maximum absolute atomic E-state index is 12.7. The smallest absolute Gasteiger partial charge is 0.341 e. The first kappa shape index (κ1) is 15.3. The molecule has 0 saturated carbocycles. The van der Waals surface area contributed by atoms with Crippen LogP contribution in [0.5, 0.6) is 5.75 Å². The van der Waals surface area contributed by atoms with E-state index >= 15 is 0 Å². The molecule has 0 aliphatic carbocycles. The van der Waals surface area contributed by atoms with Gasteiger partial charge in [0.1, 0.15) is 5.75 Å². The van der Waals surface area contributed by atoms with E-state index in [-0.39, 0.29) is 12.2 Å². The van der Waals surface area contributed by atoms with Crippen molar-refractivity contribution in [3.63, 3.8) is 0 Å². The van der Waals surface area contributed by atoms with Gasteiger partial charge in [-0.3, -0.25) is 4.79 Å². The number of aliphatic carboxylic acids is 1. The molecular weight excluding hydrogens is 340 g/mol. The molecule has 4 rings (SSSR count). The molecule has 0 spiro atoms. The molecule has 0 amide bonds. The third-order valence-electron chi connectivity index (χ3n) is 3.69. The van der Waals surface area contributed by atoms with E-state index < -0.39 is 5.97 Å². The number of imidazole rings is 1. The Bertz CT molecular complexity index is 1190. The van der Waals surface area contributed by atoms with Crippen LogP contribution in [0.15, 0.2) is 53.3 Å². The molecule has 0 saturated heterocycles. The highest BCUT2D eigenvalue weighted by atomic mass is 32.1. The number of rotatable bonds is 4. The van der Waals surface area contributed by atoms with Crippen molar-refractivity contribution in [1.29, 1.82) is 0 Å². The van der Waals surface area contributed by atoms with E-state index in [1.807, 2.05) is 24.3 Å². The number of ether oxygens (including phenoxy) is 1. The predicted octanol–water partition coefficient (Wildman–Crippen LogP) is 1.92. The van der Waals surface area contributed by atoms with Crippen LogP contribution in [0.1, 0.15) is 5.56 Å². The quantitative estimate of drug-likeness (QED) is 0.607. The monoisotopic (exact) mass is 352 g/mol. The lowest BCUT2D eigenvalue weighted by molar-refractivity contribution is -0.139. The fraction of sp³-hybridized carbons (Fsp3) is 0.0556. The zero-order chi connectivity index (χ0) is 17.4. The third kappa shape index (κ3) is 2.85. The Morgan fingerprint density at radius 3 is 2.72 bits per heavy atom. The van der Waals surface area contributed by atoms with Crippen molar-refractivity contribution in [2.45, 2.75) is 0 Å². The number of carbonyl (C=O) groups is 1. The van der Waals surface area contributed by atoms with E-state index in [1.165, 1.54) is 11.3 Å². The lowest BCUT2D eigenvalue weighted by Gasteiger charge is -2.02. The fourth-order valence-electron chi connectivity index (χ4n) is 2.57. The molecule has 0 aliphatic rings. The maximum Gasteiger partial charge on any atom is 0.341 e. The van der Waals surface area contributed by atoms with Gasteiger partial charge in [-0.15, -0.1) is 0 Å². The first-order valence-electron chi connectivity index (χ1n) is 7.48. The van der Waals surface area contributed by atoms with Gasteiger partial charge in [0, 0.05) is 0 Å². The number of benzene rings is 2. The molecule has 2 heterocycles. The molecule has 0 fully saturated rings. The average Bonchev–Trinajstić information content (AvgIpc) is 3.11. The molecule has 0 radical (unpaired) electrons. The van der Waals surface area contributed by atoms with Crippen molar-refractivity contribution in [2.24, 2.45) is 0 Å². The normalized spacial score (nSPS) is 12.1. The minimum absolute atomic E-state index is 0.0973. The van der Waals surface area contributed by atoms with Crippen molar-refractivity contribution in [3.8, 4) is 5.75 Å². The van der Waals surface area contributed by atoms with Crippen molar-refractivity contribution >= 4 is 39.4 Å². The summed E-state index contributed by atoms with van der Waals surface area (Å²) in [5.74, 6) is -0.560. The zero-order valence-corrected chi connectivity index (χ0v) is 13.7. The van der Waals surface area contributed by atoms with Gasteiger partial charge in [-0.1, -0.05) is 35.6 Å². The van der Waals surface area contributed by atoms with E-state index in [0.717, 1.165) is 16.6 Å². The number of fused-ring (bicyclic) bond motifs is 3. The second kappa shape index (κ2) is 6.03. The van der Waals surface area contributed by atoms with Crippen LogP contribution < -0.4 is 14.8 Å². The molecule has 0 unspecified atom stereocenters. The number of hydrogen-bond acceptors (Lipinski definition) is 5. The molecule has 1 N–H and O–H groups in total. The minimum Gasteiger partial charge on any atom is -0.482 e. The Morgan fingerprint density at radius 1 is 1.20 bits per heavy atom. The lowest BCUT2D eigenvalue weighted by atomic mass is 10.2. The molecule has 25 heavy (non-hydrogen) atoms. The van der Waals surface area contributed by atoms with Gasteiger partial charge in [0.25, 0.3) is 5.56 Å². The van der Waals surface area contributed by atoms with Crippen molar-refractivity contribution in [2.75, 3.05) is 6.61 Å². The molecule has 6 nitrogen and oxygen atoms in total. The summed E-state index contributed by atoms with van der Waals surface area (Å²) in [5, 5.41) is 8.61. The standard InChI is InChI=1S/C18H12N2O4S/c21-16(22)10-24-12-7-5-11(6-8-12)9-15-17(23)20-14-4-2-1-3-13(14)19-18(20)25-15/h1-9H,10H2,(H,21,22)/b15-9+. The number of nitrogens with zero attached hydrogens (tertiary/aromatic N) is 2. The summed E-state index contributed by atoms with van der Waals surface area (Å²) in [6.45, 7) is -0.386. The van der Waals surface area contributed by atoms with Crippen LogP contribution in [-0.4, -0.2) is 27.1 Å². The summed E-state index contributed by atoms with van der Waals surface area (Å²) >= 11 is 1.34. The van der Waals surface area contributed by atoms with Crippen LogP contribution in [-0.2, 0) is 4.79 Å². The van der Waals surface area contributed by atoms with Crippen molar-refractivity contribution in [1.82, 2.24) is 9.38 Å². The molecule has 0 atom stereocenters. The van der Waals surface area contributed by atoms with Gasteiger partial charge in [-0.25, -0.2) is 14.2 Å². The van der Waals surface area contributed by atoms with Crippen LogP contribution in [0.3, 0.4) is 0 Å². The summed E-state index contributed by atoms with van der Waals surface area (Å²) in [6.07, 6.45) is 1.79. The SMILES string of the molecule is O=C(O)COc1ccc(/C=c2/sc3nc4ccccc4n3c2=O)cc1. The molecule has 0 bridgehead atoms. The Kier molecular flexibility index (Phi) is 3.70. The average molecular weight is 352 g/mol.